The molecule has 0 aromatic heterocycles. The van der Waals surface area contributed by atoms with E-state index in [1.54, 1.807) is 7.05 Å². The van der Waals surface area contributed by atoms with E-state index in [1.165, 1.54) is 23.1 Å². The summed E-state index contributed by atoms with van der Waals surface area (Å²) in [5.74, 6) is -0.408. The summed E-state index contributed by atoms with van der Waals surface area (Å²) in [6, 6.07) is 4.32. The molecule has 1 amide bonds. The lowest BCUT2D eigenvalue weighted by atomic mass is 10.1. The second-order valence-corrected chi connectivity index (χ2v) is 4.43. The first kappa shape index (κ1) is 13.3. The zero-order chi connectivity index (χ0) is 14.0. The molecule has 1 unspecified atom stereocenters. The van der Waals surface area contributed by atoms with Crippen LogP contribution in [0.4, 0.5) is 11.4 Å². The van der Waals surface area contributed by atoms with Gasteiger partial charge in [-0.05, 0) is 18.6 Å². The average molecular weight is 265 g/mol. The van der Waals surface area contributed by atoms with Crippen LogP contribution in [-0.2, 0) is 4.74 Å². The molecular formula is C12H15N3O4. The number of hydrogen-bond donors (Lipinski definition) is 1. The maximum absolute atomic E-state index is 12.3. The Balaban J connectivity index is 2.33. The van der Waals surface area contributed by atoms with E-state index >= 15 is 0 Å². The molecule has 1 saturated heterocycles. The fourth-order valence-corrected chi connectivity index (χ4v) is 2.12. The molecule has 1 heterocycles. The monoisotopic (exact) mass is 265 g/mol. The number of para-hydroxylation sites is 1. The normalized spacial score (nSPS) is 18.3. The standard InChI is InChI=1S/C12H15N3O4/c1-14(8-5-6-19-7-8)12(16)9-3-2-4-10(13)11(9)15(17)18/h2-4,8H,5-7,13H2,1H3. The third kappa shape index (κ3) is 2.50. The Morgan fingerprint density at radius 3 is 2.89 bits per heavy atom. The van der Waals surface area contributed by atoms with Crippen molar-refractivity contribution < 1.29 is 14.5 Å². The van der Waals surface area contributed by atoms with Crippen LogP contribution in [0.2, 0.25) is 0 Å². The van der Waals surface area contributed by atoms with E-state index in [0.717, 1.165) is 6.42 Å². The molecule has 1 aromatic rings. The van der Waals surface area contributed by atoms with Gasteiger partial charge in [-0.3, -0.25) is 14.9 Å². The molecule has 7 nitrogen and oxygen atoms in total. The van der Waals surface area contributed by atoms with Gasteiger partial charge in [0, 0.05) is 13.7 Å². The predicted molar refractivity (Wildman–Crippen MR) is 68.8 cm³/mol. The average Bonchev–Trinajstić information content (AvgIpc) is 2.90. The molecule has 0 spiro atoms. The van der Waals surface area contributed by atoms with Gasteiger partial charge in [0.1, 0.15) is 11.3 Å². The van der Waals surface area contributed by atoms with Crippen molar-refractivity contribution in [2.75, 3.05) is 26.0 Å². The van der Waals surface area contributed by atoms with Gasteiger partial charge in [0.25, 0.3) is 5.91 Å². The van der Waals surface area contributed by atoms with Crippen molar-refractivity contribution in [3.8, 4) is 0 Å². The number of likely N-dealkylation sites (N-methyl/N-ethyl adjacent to an activating group) is 1. The number of carbonyl (C=O) groups is 1. The van der Waals surface area contributed by atoms with Crippen LogP contribution in [0, 0.1) is 10.1 Å². The van der Waals surface area contributed by atoms with E-state index in [2.05, 4.69) is 0 Å². The van der Waals surface area contributed by atoms with Gasteiger partial charge in [0.15, 0.2) is 0 Å². The topological polar surface area (TPSA) is 98.7 Å². The van der Waals surface area contributed by atoms with Gasteiger partial charge in [-0.2, -0.15) is 0 Å². The highest BCUT2D eigenvalue weighted by Crippen LogP contribution is 2.27. The highest BCUT2D eigenvalue weighted by atomic mass is 16.6. The number of nitro benzene ring substituents is 1. The molecule has 1 aliphatic rings. The molecule has 1 atom stereocenters. The second-order valence-electron chi connectivity index (χ2n) is 4.43. The van der Waals surface area contributed by atoms with Gasteiger partial charge in [0.2, 0.25) is 0 Å². The quantitative estimate of drug-likeness (QED) is 0.500. The van der Waals surface area contributed by atoms with Crippen molar-refractivity contribution in [3.05, 3.63) is 33.9 Å². The van der Waals surface area contributed by atoms with Crippen molar-refractivity contribution >= 4 is 17.3 Å². The maximum Gasteiger partial charge on any atom is 0.304 e. The molecule has 2 N–H and O–H groups in total. The number of rotatable bonds is 3. The number of ether oxygens (including phenoxy) is 1. The summed E-state index contributed by atoms with van der Waals surface area (Å²) in [5, 5.41) is 11.0. The second kappa shape index (κ2) is 5.23. The number of nitrogens with two attached hydrogens (primary N) is 1. The van der Waals surface area contributed by atoms with Crippen molar-refractivity contribution in [1.29, 1.82) is 0 Å². The van der Waals surface area contributed by atoms with Crippen LogP contribution in [0.1, 0.15) is 16.8 Å². The highest BCUT2D eigenvalue weighted by molar-refractivity contribution is 6.00. The van der Waals surface area contributed by atoms with E-state index in [1.807, 2.05) is 0 Å². The lowest BCUT2D eigenvalue weighted by Crippen LogP contribution is -2.37. The number of anilines is 1. The number of carbonyl (C=O) groups excluding carboxylic acids is 1. The number of nitrogens with zero attached hydrogens (tertiary/aromatic N) is 2. The van der Waals surface area contributed by atoms with Gasteiger partial charge in [0.05, 0.1) is 17.6 Å². The Morgan fingerprint density at radius 1 is 1.58 bits per heavy atom. The molecule has 1 aromatic carbocycles. The number of nitro groups is 1. The van der Waals surface area contributed by atoms with E-state index in [9.17, 15) is 14.9 Å². The summed E-state index contributed by atoms with van der Waals surface area (Å²) in [5.41, 5.74) is 5.25. The van der Waals surface area contributed by atoms with Crippen molar-refractivity contribution in [1.82, 2.24) is 4.90 Å². The van der Waals surface area contributed by atoms with Crippen LogP contribution >= 0.6 is 0 Å². The van der Waals surface area contributed by atoms with Gasteiger partial charge < -0.3 is 15.4 Å². The van der Waals surface area contributed by atoms with Crippen LogP contribution in [0.5, 0.6) is 0 Å². The molecule has 7 heteroatoms. The molecule has 0 saturated carbocycles. The van der Waals surface area contributed by atoms with Gasteiger partial charge in [-0.1, -0.05) is 6.07 Å². The molecule has 102 valence electrons. The first-order valence-electron chi connectivity index (χ1n) is 5.90. The summed E-state index contributed by atoms with van der Waals surface area (Å²) in [7, 11) is 1.62. The fraction of sp³-hybridized carbons (Fsp3) is 0.417. The van der Waals surface area contributed by atoms with Crippen LogP contribution < -0.4 is 5.73 Å². The molecular weight excluding hydrogens is 250 g/mol. The minimum Gasteiger partial charge on any atom is -0.393 e. The zero-order valence-electron chi connectivity index (χ0n) is 10.5. The summed E-state index contributed by atoms with van der Waals surface area (Å²) in [4.78, 5) is 24.2. The van der Waals surface area contributed by atoms with Crippen molar-refractivity contribution in [2.24, 2.45) is 0 Å². The lowest BCUT2D eigenvalue weighted by Gasteiger charge is -2.23. The summed E-state index contributed by atoms with van der Waals surface area (Å²) >= 11 is 0. The van der Waals surface area contributed by atoms with Crippen molar-refractivity contribution in [3.63, 3.8) is 0 Å². The molecule has 1 fully saturated rings. The van der Waals surface area contributed by atoms with E-state index in [0.29, 0.717) is 13.2 Å². The number of benzene rings is 1. The first-order valence-corrected chi connectivity index (χ1v) is 5.90. The minimum absolute atomic E-state index is 0.00748. The molecule has 2 rings (SSSR count). The lowest BCUT2D eigenvalue weighted by molar-refractivity contribution is -0.384. The van der Waals surface area contributed by atoms with Gasteiger partial charge in [-0.15, -0.1) is 0 Å². The van der Waals surface area contributed by atoms with E-state index < -0.39 is 10.8 Å². The highest BCUT2D eigenvalue weighted by Gasteiger charge is 2.30. The van der Waals surface area contributed by atoms with E-state index in [-0.39, 0.29) is 23.0 Å². The smallest absolute Gasteiger partial charge is 0.304 e. The molecule has 1 aliphatic heterocycles. The third-order valence-electron chi connectivity index (χ3n) is 3.25. The minimum atomic E-state index is -0.623. The third-order valence-corrected chi connectivity index (χ3v) is 3.25. The first-order chi connectivity index (χ1) is 9.02. The predicted octanol–water partition coefficient (Wildman–Crippen LogP) is 1.04. The Bertz CT molecular complexity index is 512. The molecule has 19 heavy (non-hydrogen) atoms. The van der Waals surface area contributed by atoms with Gasteiger partial charge >= 0.3 is 5.69 Å². The summed E-state index contributed by atoms with van der Waals surface area (Å²) < 4.78 is 5.21. The molecule has 0 bridgehead atoms. The van der Waals surface area contributed by atoms with E-state index in [4.69, 9.17) is 10.5 Å². The Morgan fingerprint density at radius 2 is 2.32 bits per heavy atom. The number of nitrogen functional groups attached to an aromatic ring is 1. The molecule has 0 aliphatic carbocycles. The van der Waals surface area contributed by atoms with Crippen molar-refractivity contribution in [2.45, 2.75) is 12.5 Å². The zero-order valence-corrected chi connectivity index (χ0v) is 10.5. The summed E-state index contributed by atoms with van der Waals surface area (Å²) in [6.45, 7) is 1.06. The van der Waals surface area contributed by atoms with Crippen LogP contribution in [0.3, 0.4) is 0 Å². The maximum atomic E-state index is 12.3. The largest absolute Gasteiger partial charge is 0.393 e. The fourth-order valence-electron chi connectivity index (χ4n) is 2.12. The Labute approximate surface area is 110 Å². The number of hydrogen-bond acceptors (Lipinski definition) is 5. The van der Waals surface area contributed by atoms with Crippen LogP contribution in [-0.4, -0.2) is 42.0 Å². The Kier molecular flexibility index (Phi) is 3.66. The number of amides is 1. The van der Waals surface area contributed by atoms with Crippen LogP contribution in [0.25, 0.3) is 0 Å². The summed E-state index contributed by atoms with van der Waals surface area (Å²) in [6.07, 6.45) is 0.734. The van der Waals surface area contributed by atoms with Gasteiger partial charge in [-0.25, -0.2) is 0 Å². The SMILES string of the molecule is CN(C(=O)c1cccc(N)c1[N+](=O)[O-])C1CCOC1. The molecule has 0 radical (unpaired) electrons. The Hall–Kier alpha value is -2.15. The van der Waals surface area contributed by atoms with Crippen LogP contribution in [0.15, 0.2) is 18.2 Å².